The van der Waals surface area contributed by atoms with Crippen LogP contribution in [0.1, 0.15) is 38.0 Å². The van der Waals surface area contributed by atoms with Crippen LogP contribution in [-0.2, 0) is 0 Å². The van der Waals surface area contributed by atoms with E-state index in [2.05, 4.69) is 46.4 Å². The fourth-order valence-electron chi connectivity index (χ4n) is 2.97. The maximum atomic E-state index is 9.15. The minimum Gasteiger partial charge on any atom is -0.459 e. The van der Waals surface area contributed by atoms with Crippen LogP contribution in [0.5, 0.6) is 0 Å². The third-order valence-electron chi connectivity index (χ3n) is 4.07. The molecule has 0 bridgehead atoms. The van der Waals surface area contributed by atoms with Crippen LogP contribution in [0, 0.1) is 17.2 Å². The van der Waals surface area contributed by atoms with Gasteiger partial charge in [0.1, 0.15) is 11.3 Å². The SMILES string of the molecule is CC(NC1CCCC1C#N)c1cc2cc(Br)ccc2o1. The molecular formula is C16H17BrN2O. The van der Waals surface area contributed by atoms with Crippen LogP contribution in [0.2, 0.25) is 0 Å². The molecule has 104 valence electrons. The minimum absolute atomic E-state index is 0.125. The Hall–Kier alpha value is -1.31. The molecule has 0 amide bonds. The molecule has 0 aliphatic heterocycles. The first-order chi connectivity index (χ1) is 9.67. The van der Waals surface area contributed by atoms with Gasteiger partial charge in [0.15, 0.2) is 0 Å². The predicted octanol–water partition coefficient (Wildman–Crippen LogP) is 4.54. The summed E-state index contributed by atoms with van der Waals surface area (Å²) in [4.78, 5) is 0. The fraction of sp³-hybridized carbons (Fsp3) is 0.438. The highest BCUT2D eigenvalue weighted by Crippen LogP contribution is 2.30. The van der Waals surface area contributed by atoms with Crippen molar-refractivity contribution in [3.63, 3.8) is 0 Å². The topological polar surface area (TPSA) is 49.0 Å². The van der Waals surface area contributed by atoms with Crippen molar-refractivity contribution < 1.29 is 4.42 Å². The van der Waals surface area contributed by atoms with Gasteiger partial charge in [-0.05, 0) is 44.0 Å². The Kier molecular flexibility index (Phi) is 3.82. The molecule has 1 fully saturated rings. The van der Waals surface area contributed by atoms with Gasteiger partial charge in [0.05, 0.1) is 18.0 Å². The molecule has 1 aromatic heterocycles. The summed E-state index contributed by atoms with van der Waals surface area (Å²) in [5, 5.41) is 13.8. The van der Waals surface area contributed by atoms with E-state index in [4.69, 9.17) is 9.68 Å². The first-order valence-electron chi connectivity index (χ1n) is 7.02. The van der Waals surface area contributed by atoms with Gasteiger partial charge in [-0.25, -0.2) is 0 Å². The highest BCUT2D eigenvalue weighted by molar-refractivity contribution is 9.10. The predicted molar refractivity (Wildman–Crippen MR) is 82.2 cm³/mol. The Morgan fingerprint density at radius 1 is 1.40 bits per heavy atom. The van der Waals surface area contributed by atoms with Gasteiger partial charge in [-0.3, -0.25) is 0 Å². The first-order valence-corrected chi connectivity index (χ1v) is 7.81. The number of nitrogens with one attached hydrogen (secondary N) is 1. The van der Waals surface area contributed by atoms with Gasteiger partial charge >= 0.3 is 0 Å². The third-order valence-corrected chi connectivity index (χ3v) is 4.56. The van der Waals surface area contributed by atoms with Crippen molar-refractivity contribution in [3.8, 4) is 6.07 Å². The van der Waals surface area contributed by atoms with Gasteiger partial charge in [0.2, 0.25) is 0 Å². The van der Waals surface area contributed by atoms with Crippen LogP contribution in [0.15, 0.2) is 33.2 Å². The van der Waals surface area contributed by atoms with Crippen LogP contribution >= 0.6 is 15.9 Å². The maximum absolute atomic E-state index is 9.15. The number of halogens is 1. The quantitative estimate of drug-likeness (QED) is 0.897. The van der Waals surface area contributed by atoms with Gasteiger partial charge in [-0.15, -0.1) is 0 Å². The van der Waals surface area contributed by atoms with E-state index in [1.807, 2.05) is 12.1 Å². The van der Waals surface area contributed by atoms with Gasteiger partial charge in [0.25, 0.3) is 0 Å². The summed E-state index contributed by atoms with van der Waals surface area (Å²) in [6.45, 7) is 2.10. The lowest BCUT2D eigenvalue weighted by Gasteiger charge is -2.19. The molecule has 1 N–H and O–H groups in total. The molecule has 2 aromatic rings. The summed E-state index contributed by atoms with van der Waals surface area (Å²) in [7, 11) is 0. The van der Waals surface area contributed by atoms with Gasteiger partial charge in [0, 0.05) is 15.9 Å². The summed E-state index contributed by atoms with van der Waals surface area (Å²) in [6.07, 6.45) is 3.22. The number of nitriles is 1. The van der Waals surface area contributed by atoms with E-state index in [-0.39, 0.29) is 18.0 Å². The average Bonchev–Trinajstić information content (AvgIpc) is 3.04. The van der Waals surface area contributed by atoms with Gasteiger partial charge < -0.3 is 9.73 Å². The summed E-state index contributed by atoms with van der Waals surface area (Å²) in [5.74, 6) is 1.07. The van der Waals surface area contributed by atoms with Gasteiger partial charge in [-0.2, -0.15) is 5.26 Å². The lowest BCUT2D eigenvalue weighted by molar-refractivity contribution is 0.376. The van der Waals surface area contributed by atoms with E-state index in [1.165, 1.54) is 0 Å². The number of hydrogen-bond donors (Lipinski definition) is 1. The summed E-state index contributed by atoms with van der Waals surface area (Å²) >= 11 is 3.47. The number of fused-ring (bicyclic) bond motifs is 1. The van der Waals surface area contributed by atoms with Crippen molar-refractivity contribution >= 4 is 26.9 Å². The van der Waals surface area contributed by atoms with Crippen LogP contribution in [0.4, 0.5) is 0 Å². The van der Waals surface area contributed by atoms with Gasteiger partial charge in [-0.1, -0.05) is 22.4 Å². The van der Waals surface area contributed by atoms with E-state index in [9.17, 15) is 0 Å². The lowest BCUT2D eigenvalue weighted by Crippen LogP contribution is -2.33. The highest BCUT2D eigenvalue weighted by Gasteiger charge is 2.28. The van der Waals surface area contributed by atoms with E-state index >= 15 is 0 Å². The molecular weight excluding hydrogens is 316 g/mol. The maximum Gasteiger partial charge on any atom is 0.134 e. The molecule has 1 aliphatic rings. The second-order valence-electron chi connectivity index (χ2n) is 5.49. The van der Waals surface area contributed by atoms with Crippen LogP contribution in [0.25, 0.3) is 11.0 Å². The molecule has 1 heterocycles. The van der Waals surface area contributed by atoms with Crippen LogP contribution in [-0.4, -0.2) is 6.04 Å². The van der Waals surface area contributed by atoms with E-state index < -0.39 is 0 Å². The highest BCUT2D eigenvalue weighted by atomic mass is 79.9. The van der Waals surface area contributed by atoms with Crippen molar-refractivity contribution in [3.05, 3.63) is 34.5 Å². The molecule has 4 heteroatoms. The van der Waals surface area contributed by atoms with E-state index in [0.29, 0.717) is 0 Å². The summed E-state index contributed by atoms with van der Waals surface area (Å²) in [5.41, 5.74) is 0.903. The van der Waals surface area contributed by atoms with Crippen LogP contribution in [0.3, 0.4) is 0 Å². The molecule has 0 saturated heterocycles. The molecule has 1 aromatic carbocycles. The van der Waals surface area contributed by atoms with Crippen molar-refractivity contribution in [2.24, 2.45) is 5.92 Å². The number of rotatable bonds is 3. The second-order valence-corrected chi connectivity index (χ2v) is 6.41. The number of nitrogens with zero attached hydrogens (tertiary/aromatic N) is 1. The smallest absolute Gasteiger partial charge is 0.134 e. The van der Waals surface area contributed by atoms with Crippen molar-refractivity contribution in [1.82, 2.24) is 5.32 Å². The number of benzene rings is 1. The second kappa shape index (κ2) is 5.59. The van der Waals surface area contributed by atoms with Crippen molar-refractivity contribution in [2.45, 2.75) is 38.3 Å². The molecule has 0 spiro atoms. The Bertz CT molecular complexity index is 658. The zero-order valence-corrected chi connectivity index (χ0v) is 13.0. The standard InChI is InChI=1S/C16H17BrN2O/c1-10(19-14-4-2-3-11(14)9-18)16-8-12-7-13(17)5-6-15(12)20-16/h5-8,10-11,14,19H,2-4H2,1H3. The fourth-order valence-corrected chi connectivity index (χ4v) is 3.34. The Balaban J connectivity index is 1.78. The monoisotopic (exact) mass is 332 g/mol. The van der Waals surface area contributed by atoms with E-state index in [1.54, 1.807) is 0 Å². The first kappa shape index (κ1) is 13.7. The molecule has 1 aliphatic carbocycles. The Morgan fingerprint density at radius 3 is 3.05 bits per heavy atom. The molecule has 3 atom stereocenters. The molecule has 3 unspecified atom stereocenters. The zero-order valence-electron chi connectivity index (χ0n) is 11.4. The molecule has 20 heavy (non-hydrogen) atoms. The third kappa shape index (κ3) is 2.61. The van der Waals surface area contributed by atoms with Crippen molar-refractivity contribution in [1.29, 1.82) is 5.26 Å². The molecule has 3 rings (SSSR count). The Morgan fingerprint density at radius 2 is 2.25 bits per heavy atom. The lowest BCUT2D eigenvalue weighted by atomic mass is 10.0. The Labute approximate surface area is 127 Å². The minimum atomic E-state index is 0.125. The number of furan rings is 1. The van der Waals surface area contributed by atoms with E-state index in [0.717, 1.165) is 40.5 Å². The average molecular weight is 333 g/mol. The molecule has 0 radical (unpaired) electrons. The normalized spacial score (nSPS) is 23.9. The zero-order chi connectivity index (χ0) is 14.1. The summed E-state index contributed by atoms with van der Waals surface area (Å²) in [6, 6.07) is 10.9. The van der Waals surface area contributed by atoms with Crippen LogP contribution < -0.4 is 5.32 Å². The summed E-state index contributed by atoms with van der Waals surface area (Å²) < 4.78 is 6.95. The largest absolute Gasteiger partial charge is 0.459 e. The van der Waals surface area contributed by atoms with Crippen molar-refractivity contribution in [2.75, 3.05) is 0 Å². The molecule has 3 nitrogen and oxygen atoms in total. The molecule has 1 saturated carbocycles. The number of hydrogen-bond acceptors (Lipinski definition) is 3.